The van der Waals surface area contributed by atoms with Crippen molar-refractivity contribution in [3.8, 4) is 11.1 Å². The third-order valence-corrected chi connectivity index (χ3v) is 5.03. The molecule has 3 N–H and O–H groups in total. The minimum Gasteiger partial charge on any atom is -0.481 e. The minimum absolute atomic E-state index is 0.0780. The van der Waals surface area contributed by atoms with Gasteiger partial charge in [0.25, 0.3) is 5.56 Å². The van der Waals surface area contributed by atoms with Gasteiger partial charge in [0, 0.05) is 6.61 Å². The minimum atomic E-state index is -1.01. The van der Waals surface area contributed by atoms with Crippen LogP contribution in [0.4, 0.5) is 5.95 Å². The highest BCUT2D eigenvalue weighted by Gasteiger charge is 2.21. The Morgan fingerprint density at radius 2 is 2.04 bits per heavy atom. The molecule has 1 aliphatic rings. The molecule has 1 aromatic heterocycles. The number of nitrogens with zero attached hydrogens (tertiary/aromatic N) is 2. The number of aromatic nitrogens is 2. The predicted molar refractivity (Wildman–Crippen MR) is 106 cm³/mol. The number of aliphatic carboxylic acids is 1. The van der Waals surface area contributed by atoms with Crippen LogP contribution in [0.5, 0.6) is 0 Å². The van der Waals surface area contributed by atoms with Crippen LogP contribution >= 0.6 is 0 Å². The summed E-state index contributed by atoms with van der Waals surface area (Å²) >= 11 is 0. The Kier molecular flexibility index (Phi) is 4.83. The molecular formula is C21H21N3O4. The first-order valence-corrected chi connectivity index (χ1v) is 9.24. The lowest BCUT2D eigenvalue weighted by Crippen LogP contribution is -2.30. The van der Waals surface area contributed by atoms with Crippen molar-refractivity contribution in [3.63, 3.8) is 0 Å². The molecule has 28 heavy (non-hydrogen) atoms. The number of carbonyl (C=O) groups is 1. The summed E-state index contributed by atoms with van der Waals surface area (Å²) in [7, 11) is 0. The topological polar surface area (TPSA) is 107 Å². The lowest BCUT2D eigenvalue weighted by molar-refractivity contribution is -0.136. The largest absolute Gasteiger partial charge is 0.481 e. The van der Waals surface area contributed by atoms with Gasteiger partial charge in [0.2, 0.25) is 5.95 Å². The molecule has 1 aliphatic heterocycles. The second-order valence-electron chi connectivity index (χ2n) is 6.99. The summed E-state index contributed by atoms with van der Waals surface area (Å²) in [6.07, 6.45) is 1.47. The van der Waals surface area contributed by atoms with Crippen LogP contribution < -0.4 is 11.3 Å². The number of ether oxygens (including phenoxy) is 1. The van der Waals surface area contributed by atoms with E-state index >= 15 is 0 Å². The van der Waals surface area contributed by atoms with E-state index in [9.17, 15) is 14.7 Å². The second-order valence-corrected chi connectivity index (χ2v) is 6.99. The fraction of sp³-hybridized carbons (Fsp3) is 0.286. The Bertz CT molecular complexity index is 1090. The molecule has 0 amide bonds. The molecule has 0 aliphatic carbocycles. The molecule has 0 saturated carbocycles. The van der Waals surface area contributed by atoms with Crippen molar-refractivity contribution < 1.29 is 14.6 Å². The zero-order valence-corrected chi connectivity index (χ0v) is 15.3. The fourth-order valence-corrected chi connectivity index (χ4v) is 3.71. The normalized spacial score (nSPS) is 16.5. The summed E-state index contributed by atoms with van der Waals surface area (Å²) in [5.41, 5.74) is 8.31. The van der Waals surface area contributed by atoms with Crippen molar-refractivity contribution in [2.75, 3.05) is 12.3 Å². The Hall–Kier alpha value is -3.19. The molecule has 2 heterocycles. The number of nitrogens with two attached hydrogens (primary N) is 1. The molecule has 1 saturated heterocycles. The van der Waals surface area contributed by atoms with E-state index in [-0.39, 0.29) is 24.0 Å². The van der Waals surface area contributed by atoms with E-state index in [1.165, 1.54) is 4.57 Å². The van der Waals surface area contributed by atoms with Crippen LogP contribution in [0.1, 0.15) is 18.4 Å². The van der Waals surface area contributed by atoms with Gasteiger partial charge in [0.1, 0.15) is 0 Å². The van der Waals surface area contributed by atoms with Gasteiger partial charge in [-0.25, -0.2) is 4.98 Å². The Labute approximate surface area is 161 Å². The number of anilines is 1. The summed E-state index contributed by atoms with van der Waals surface area (Å²) in [4.78, 5) is 29.0. The van der Waals surface area contributed by atoms with Crippen LogP contribution in [0.3, 0.4) is 0 Å². The average Bonchev–Trinajstić information content (AvgIpc) is 3.18. The van der Waals surface area contributed by atoms with Crippen molar-refractivity contribution in [1.82, 2.24) is 9.55 Å². The average molecular weight is 379 g/mol. The maximum absolute atomic E-state index is 13.2. The molecule has 144 valence electrons. The molecule has 7 nitrogen and oxygen atoms in total. The third-order valence-electron chi connectivity index (χ3n) is 5.03. The first-order chi connectivity index (χ1) is 13.5. The van der Waals surface area contributed by atoms with Crippen LogP contribution in [0.15, 0.2) is 47.3 Å². The summed E-state index contributed by atoms with van der Waals surface area (Å²) in [6.45, 7) is 0.992. The highest BCUT2D eigenvalue weighted by molar-refractivity contribution is 5.90. The Morgan fingerprint density at radius 1 is 1.25 bits per heavy atom. The quantitative estimate of drug-likeness (QED) is 0.705. The number of fused-ring (bicyclic) bond motifs is 1. The molecule has 0 radical (unpaired) electrons. The molecule has 0 bridgehead atoms. The summed E-state index contributed by atoms with van der Waals surface area (Å²) in [5.74, 6) is -0.895. The zero-order valence-electron chi connectivity index (χ0n) is 15.3. The van der Waals surface area contributed by atoms with Gasteiger partial charge in [-0.15, -0.1) is 0 Å². The maximum Gasteiger partial charge on any atom is 0.307 e. The molecule has 7 heteroatoms. The maximum atomic E-state index is 13.2. The fourth-order valence-electron chi connectivity index (χ4n) is 3.71. The molecular weight excluding hydrogens is 358 g/mol. The van der Waals surface area contributed by atoms with Crippen molar-refractivity contribution in [2.24, 2.45) is 0 Å². The van der Waals surface area contributed by atoms with E-state index in [2.05, 4.69) is 4.98 Å². The number of carboxylic acid groups (broad SMARTS) is 1. The van der Waals surface area contributed by atoms with E-state index in [0.29, 0.717) is 29.6 Å². The van der Waals surface area contributed by atoms with Crippen molar-refractivity contribution >= 4 is 22.8 Å². The number of benzene rings is 2. The van der Waals surface area contributed by atoms with E-state index in [1.54, 1.807) is 12.1 Å². The SMILES string of the molecule is Nc1nc2cc(-c3ccccc3)cc(CC(=O)O)c2c(=O)n1CC1CCCO1. The monoisotopic (exact) mass is 379 g/mol. The third kappa shape index (κ3) is 3.48. The first kappa shape index (κ1) is 18.2. The van der Waals surface area contributed by atoms with Gasteiger partial charge >= 0.3 is 5.97 Å². The van der Waals surface area contributed by atoms with Crippen LogP contribution in [-0.2, 0) is 22.5 Å². The van der Waals surface area contributed by atoms with Gasteiger partial charge in [-0.1, -0.05) is 30.3 Å². The molecule has 1 fully saturated rings. The van der Waals surface area contributed by atoms with Gasteiger partial charge in [-0.3, -0.25) is 14.2 Å². The van der Waals surface area contributed by atoms with E-state index in [0.717, 1.165) is 24.0 Å². The molecule has 0 spiro atoms. The number of carboxylic acids is 1. The van der Waals surface area contributed by atoms with Crippen molar-refractivity contribution in [3.05, 3.63) is 58.4 Å². The van der Waals surface area contributed by atoms with Crippen LogP contribution in [-0.4, -0.2) is 33.3 Å². The van der Waals surface area contributed by atoms with Crippen LogP contribution in [0.2, 0.25) is 0 Å². The number of nitrogen functional groups attached to an aromatic ring is 1. The zero-order chi connectivity index (χ0) is 19.7. The number of hydrogen-bond acceptors (Lipinski definition) is 5. The van der Waals surface area contributed by atoms with Crippen molar-refractivity contribution in [1.29, 1.82) is 0 Å². The molecule has 1 atom stereocenters. The van der Waals surface area contributed by atoms with E-state index < -0.39 is 5.97 Å². The summed E-state index contributed by atoms with van der Waals surface area (Å²) in [5, 5.41) is 9.66. The Morgan fingerprint density at radius 3 is 2.71 bits per heavy atom. The highest BCUT2D eigenvalue weighted by Crippen LogP contribution is 2.27. The summed E-state index contributed by atoms with van der Waals surface area (Å²) < 4.78 is 7.01. The standard InChI is InChI=1S/C21H21N3O4/c22-21-23-17-10-14(13-5-2-1-3-6-13)9-15(11-18(25)26)19(17)20(27)24(21)12-16-7-4-8-28-16/h1-3,5-6,9-10,16H,4,7-8,11-12H2,(H2,22,23)(H,25,26). The lowest BCUT2D eigenvalue weighted by atomic mass is 9.98. The van der Waals surface area contributed by atoms with E-state index in [4.69, 9.17) is 10.5 Å². The van der Waals surface area contributed by atoms with Gasteiger partial charge in [-0.05, 0) is 41.7 Å². The number of hydrogen-bond donors (Lipinski definition) is 2. The van der Waals surface area contributed by atoms with E-state index in [1.807, 2.05) is 30.3 Å². The number of rotatable bonds is 5. The molecule has 2 aromatic carbocycles. The molecule has 4 rings (SSSR count). The van der Waals surface area contributed by atoms with Crippen LogP contribution in [0, 0.1) is 0 Å². The second kappa shape index (κ2) is 7.44. The molecule has 1 unspecified atom stereocenters. The smallest absolute Gasteiger partial charge is 0.307 e. The van der Waals surface area contributed by atoms with Gasteiger partial charge < -0.3 is 15.6 Å². The van der Waals surface area contributed by atoms with Gasteiger partial charge in [-0.2, -0.15) is 0 Å². The lowest BCUT2D eigenvalue weighted by Gasteiger charge is -2.16. The highest BCUT2D eigenvalue weighted by atomic mass is 16.5. The van der Waals surface area contributed by atoms with Crippen molar-refractivity contribution in [2.45, 2.75) is 31.9 Å². The van der Waals surface area contributed by atoms with Gasteiger partial charge in [0.05, 0.1) is 30.0 Å². The summed E-state index contributed by atoms with van der Waals surface area (Å²) in [6, 6.07) is 13.1. The predicted octanol–water partition coefficient (Wildman–Crippen LogP) is 2.45. The first-order valence-electron chi connectivity index (χ1n) is 9.24. The van der Waals surface area contributed by atoms with Crippen LogP contribution in [0.25, 0.3) is 22.0 Å². The molecule has 3 aromatic rings. The Balaban J connectivity index is 1.90. The van der Waals surface area contributed by atoms with Gasteiger partial charge in [0.15, 0.2) is 0 Å².